The zero-order chi connectivity index (χ0) is 28.9. The van der Waals surface area contributed by atoms with Crippen LogP contribution in [0, 0.1) is 11.6 Å². The Bertz CT molecular complexity index is 1500. The summed E-state index contributed by atoms with van der Waals surface area (Å²) in [5, 5.41) is 14.1. The maximum atomic E-state index is 13.9. The summed E-state index contributed by atoms with van der Waals surface area (Å²) in [5.74, 6) is -1.37. The van der Waals surface area contributed by atoms with E-state index in [1.165, 1.54) is 19.2 Å². The van der Waals surface area contributed by atoms with Gasteiger partial charge in [0.15, 0.2) is 5.82 Å². The second-order valence-electron chi connectivity index (χ2n) is 10.1. The lowest BCUT2D eigenvalue weighted by molar-refractivity contribution is 0.102. The molecule has 3 N–H and O–H groups in total. The number of carbonyl (C=O) groups is 1. The Morgan fingerprint density at radius 3 is 2.46 bits per heavy atom. The van der Waals surface area contributed by atoms with Crippen LogP contribution >= 0.6 is 0 Å². The summed E-state index contributed by atoms with van der Waals surface area (Å²) in [6.07, 6.45) is -0.721. The third-order valence-electron chi connectivity index (χ3n) is 7.28. The van der Waals surface area contributed by atoms with Crippen LogP contribution in [0.15, 0.2) is 54.6 Å². The van der Waals surface area contributed by atoms with E-state index in [2.05, 4.69) is 37.7 Å². The largest absolute Gasteiger partial charge is 0.383 e. The Morgan fingerprint density at radius 2 is 1.76 bits per heavy atom. The van der Waals surface area contributed by atoms with Crippen LogP contribution in [0.5, 0.6) is 0 Å². The minimum Gasteiger partial charge on any atom is -0.383 e. The topological polar surface area (TPSA) is 94.8 Å². The molecular formula is C30H34F2N6O3. The smallest absolute Gasteiger partial charge is 0.258 e. The number of rotatable bonds is 10. The molecule has 1 atom stereocenters. The second-order valence-corrected chi connectivity index (χ2v) is 10.1. The highest BCUT2D eigenvalue weighted by Gasteiger charge is 2.21. The van der Waals surface area contributed by atoms with Gasteiger partial charge in [-0.3, -0.25) is 9.89 Å². The first-order valence-electron chi connectivity index (χ1n) is 13.4. The molecule has 216 valence electrons. The zero-order valence-electron chi connectivity index (χ0n) is 23.3. The average molecular weight is 565 g/mol. The van der Waals surface area contributed by atoms with Gasteiger partial charge in [0, 0.05) is 69.8 Å². The van der Waals surface area contributed by atoms with Crippen molar-refractivity contribution in [1.29, 1.82) is 0 Å². The molecule has 41 heavy (non-hydrogen) atoms. The van der Waals surface area contributed by atoms with E-state index in [0.717, 1.165) is 37.9 Å². The van der Waals surface area contributed by atoms with Crippen LogP contribution in [-0.2, 0) is 9.47 Å². The van der Waals surface area contributed by atoms with Gasteiger partial charge in [-0.05, 0) is 60.6 Å². The number of fused-ring (bicyclic) bond motifs is 1. The van der Waals surface area contributed by atoms with Crippen LogP contribution in [0.1, 0.15) is 27.6 Å². The number of piperazine rings is 1. The number of carbonyl (C=O) groups excluding carboxylic acids is 1. The summed E-state index contributed by atoms with van der Waals surface area (Å²) in [6.45, 7) is 4.79. The Hall–Kier alpha value is -4.06. The number of hydrogen-bond acceptors (Lipinski definition) is 7. The van der Waals surface area contributed by atoms with Crippen LogP contribution in [0.2, 0.25) is 0 Å². The summed E-state index contributed by atoms with van der Waals surface area (Å²) in [7, 11) is 5.21. The summed E-state index contributed by atoms with van der Waals surface area (Å²) < 4.78 is 38.6. The van der Waals surface area contributed by atoms with Crippen molar-refractivity contribution in [3.63, 3.8) is 0 Å². The quantitative estimate of drug-likeness (QED) is 0.242. The Balaban J connectivity index is 1.42. The van der Waals surface area contributed by atoms with E-state index in [0.29, 0.717) is 52.3 Å². The van der Waals surface area contributed by atoms with Crippen LogP contribution in [0.3, 0.4) is 0 Å². The number of likely N-dealkylation sites (N-methyl/N-ethyl adjacent to an activating group) is 1. The lowest BCUT2D eigenvalue weighted by Crippen LogP contribution is -2.44. The number of anilines is 3. The predicted molar refractivity (Wildman–Crippen MR) is 156 cm³/mol. The number of ether oxygens (including phenoxy) is 2. The van der Waals surface area contributed by atoms with Crippen molar-refractivity contribution >= 4 is 34.0 Å². The van der Waals surface area contributed by atoms with Crippen molar-refractivity contribution in [2.75, 3.05) is 76.1 Å². The zero-order valence-corrected chi connectivity index (χ0v) is 23.3. The van der Waals surface area contributed by atoms with Gasteiger partial charge >= 0.3 is 0 Å². The number of hydrogen-bond donors (Lipinski definition) is 3. The fourth-order valence-electron chi connectivity index (χ4n) is 5.08. The molecule has 11 heteroatoms. The van der Waals surface area contributed by atoms with Crippen molar-refractivity contribution in [3.8, 4) is 0 Å². The Morgan fingerprint density at radius 1 is 1.00 bits per heavy atom. The van der Waals surface area contributed by atoms with Gasteiger partial charge in [0.1, 0.15) is 17.7 Å². The summed E-state index contributed by atoms with van der Waals surface area (Å²) in [5.41, 5.74) is 3.89. The van der Waals surface area contributed by atoms with Crippen molar-refractivity contribution in [2.45, 2.75) is 6.10 Å². The van der Waals surface area contributed by atoms with Crippen molar-refractivity contribution in [3.05, 3.63) is 82.9 Å². The molecule has 9 nitrogen and oxygen atoms in total. The van der Waals surface area contributed by atoms with Gasteiger partial charge in [0.25, 0.3) is 5.91 Å². The van der Waals surface area contributed by atoms with E-state index in [1.807, 2.05) is 18.2 Å². The molecule has 1 aliphatic rings. The van der Waals surface area contributed by atoms with Crippen LogP contribution in [-0.4, -0.2) is 81.6 Å². The normalized spacial score (nSPS) is 14.8. The second kappa shape index (κ2) is 12.6. The number of aromatic amines is 1. The molecule has 4 aromatic rings. The third-order valence-corrected chi connectivity index (χ3v) is 7.28. The average Bonchev–Trinajstić information content (AvgIpc) is 3.35. The predicted octanol–water partition coefficient (Wildman–Crippen LogP) is 4.64. The van der Waals surface area contributed by atoms with E-state index >= 15 is 0 Å². The number of H-pyrrole nitrogens is 1. The lowest BCUT2D eigenvalue weighted by Gasteiger charge is -2.34. The summed E-state index contributed by atoms with van der Waals surface area (Å²) in [6, 6.07) is 14.4. The number of methoxy groups -OCH3 is 2. The first-order valence-corrected chi connectivity index (χ1v) is 13.4. The van der Waals surface area contributed by atoms with Crippen LogP contribution in [0.4, 0.5) is 26.0 Å². The van der Waals surface area contributed by atoms with Gasteiger partial charge in [-0.15, -0.1) is 0 Å². The molecule has 0 aliphatic carbocycles. The number of benzene rings is 3. The van der Waals surface area contributed by atoms with Crippen molar-refractivity contribution in [2.24, 2.45) is 0 Å². The van der Waals surface area contributed by atoms with Gasteiger partial charge < -0.3 is 29.9 Å². The molecule has 1 unspecified atom stereocenters. The highest BCUT2D eigenvalue weighted by atomic mass is 19.1. The Kier molecular flexibility index (Phi) is 8.77. The van der Waals surface area contributed by atoms with Gasteiger partial charge in [0.2, 0.25) is 0 Å². The monoisotopic (exact) mass is 564 g/mol. The molecule has 3 aromatic carbocycles. The third kappa shape index (κ3) is 6.48. The minimum atomic E-state index is -0.721. The molecule has 1 amide bonds. The number of amides is 1. The standard InChI is InChI=1S/C30H34F2N6O3/c1-37-9-11-38(12-10-37)23-5-6-24(27(18-23)33-8-13-40-2)30(39)34-29-25-16-19(4-7-26(25)35-36-29)28(41-3)20-14-21(31)17-22(32)15-20/h4-7,14-18,28,33H,8-13H2,1-3H3,(H2,34,35,36,39). The number of nitrogens with one attached hydrogen (secondary N) is 3. The van der Waals surface area contributed by atoms with Gasteiger partial charge in [-0.2, -0.15) is 5.10 Å². The molecule has 0 bridgehead atoms. The molecule has 0 radical (unpaired) electrons. The van der Waals surface area contributed by atoms with E-state index < -0.39 is 17.7 Å². The van der Waals surface area contributed by atoms with Crippen molar-refractivity contribution < 1.29 is 23.0 Å². The van der Waals surface area contributed by atoms with E-state index in [-0.39, 0.29) is 5.91 Å². The SMILES string of the molecule is COCCNc1cc(N2CCN(C)CC2)ccc1C(=O)Nc1n[nH]c2ccc(C(OC)c3cc(F)cc(F)c3)cc12. The molecule has 1 aliphatic heterocycles. The molecular weight excluding hydrogens is 530 g/mol. The van der Waals surface area contributed by atoms with Gasteiger partial charge in [0.05, 0.1) is 17.7 Å². The summed E-state index contributed by atoms with van der Waals surface area (Å²) >= 11 is 0. The van der Waals surface area contributed by atoms with E-state index in [4.69, 9.17) is 9.47 Å². The molecule has 0 spiro atoms. The summed E-state index contributed by atoms with van der Waals surface area (Å²) in [4.78, 5) is 18.1. The molecule has 1 saturated heterocycles. The fraction of sp³-hybridized carbons (Fsp3) is 0.333. The number of aromatic nitrogens is 2. The molecule has 0 saturated carbocycles. The minimum absolute atomic E-state index is 0.329. The molecule has 1 aromatic heterocycles. The lowest BCUT2D eigenvalue weighted by atomic mass is 9.99. The number of nitrogens with zero attached hydrogens (tertiary/aromatic N) is 3. The van der Waals surface area contributed by atoms with Gasteiger partial charge in [-0.1, -0.05) is 6.07 Å². The highest BCUT2D eigenvalue weighted by molar-refractivity contribution is 6.11. The van der Waals surface area contributed by atoms with Gasteiger partial charge in [-0.25, -0.2) is 8.78 Å². The maximum Gasteiger partial charge on any atom is 0.258 e. The van der Waals surface area contributed by atoms with Crippen LogP contribution < -0.4 is 15.5 Å². The van der Waals surface area contributed by atoms with E-state index in [9.17, 15) is 13.6 Å². The van der Waals surface area contributed by atoms with Crippen molar-refractivity contribution in [1.82, 2.24) is 15.1 Å². The first kappa shape index (κ1) is 28.5. The highest BCUT2D eigenvalue weighted by Crippen LogP contribution is 2.32. The van der Waals surface area contributed by atoms with Crippen LogP contribution in [0.25, 0.3) is 10.9 Å². The fourth-order valence-corrected chi connectivity index (χ4v) is 5.08. The Labute approximate surface area is 237 Å². The molecule has 2 heterocycles. The maximum absolute atomic E-state index is 13.9. The molecule has 5 rings (SSSR count). The number of halogens is 2. The van der Waals surface area contributed by atoms with E-state index in [1.54, 1.807) is 25.3 Å². The first-order chi connectivity index (χ1) is 19.9. The molecule has 1 fully saturated rings.